The van der Waals surface area contributed by atoms with Gasteiger partial charge in [-0.1, -0.05) is 62.7 Å². The summed E-state index contributed by atoms with van der Waals surface area (Å²) in [6.07, 6.45) is 1.11. The number of benzene rings is 2. The van der Waals surface area contributed by atoms with Crippen LogP contribution in [0.25, 0.3) is 0 Å². The SMILES string of the molecule is CC[C@H](C)[C@H](NC(=O)OCc1ccccc1)C(=O)Nc1ccc(CCN2CCOCC2)cc1. The summed E-state index contributed by atoms with van der Waals surface area (Å²) < 4.78 is 10.7. The van der Waals surface area contributed by atoms with Gasteiger partial charge in [-0.2, -0.15) is 0 Å². The van der Waals surface area contributed by atoms with Crippen LogP contribution >= 0.6 is 0 Å². The number of ether oxygens (including phenoxy) is 2. The lowest BCUT2D eigenvalue weighted by molar-refractivity contribution is -0.119. The zero-order valence-corrected chi connectivity index (χ0v) is 19.6. The Morgan fingerprint density at radius 1 is 1.03 bits per heavy atom. The summed E-state index contributed by atoms with van der Waals surface area (Å²) in [5, 5.41) is 5.67. The molecule has 33 heavy (non-hydrogen) atoms. The number of morpholine rings is 1. The number of hydrogen-bond donors (Lipinski definition) is 2. The van der Waals surface area contributed by atoms with Gasteiger partial charge in [0.2, 0.25) is 5.91 Å². The van der Waals surface area contributed by atoms with Crippen LogP contribution in [0.3, 0.4) is 0 Å². The minimum absolute atomic E-state index is 0.0397. The fraction of sp³-hybridized carbons (Fsp3) is 0.462. The molecule has 1 aliphatic rings. The molecule has 2 aromatic carbocycles. The van der Waals surface area contributed by atoms with Crippen molar-refractivity contribution in [2.24, 2.45) is 5.92 Å². The average molecular weight is 454 g/mol. The van der Waals surface area contributed by atoms with Gasteiger partial charge >= 0.3 is 6.09 Å². The Morgan fingerprint density at radius 2 is 1.73 bits per heavy atom. The van der Waals surface area contributed by atoms with Crippen molar-refractivity contribution >= 4 is 17.7 Å². The highest BCUT2D eigenvalue weighted by Crippen LogP contribution is 2.15. The molecule has 1 heterocycles. The van der Waals surface area contributed by atoms with Crippen LogP contribution in [0.1, 0.15) is 31.4 Å². The third kappa shape index (κ3) is 8.18. The van der Waals surface area contributed by atoms with E-state index in [0.29, 0.717) is 5.69 Å². The summed E-state index contributed by atoms with van der Waals surface area (Å²) in [6.45, 7) is 8.65. The lowest BCUT2D eigenvalue weighted by Gasteiger charge is -2.26. The van der Waals surface area contributed by atoms with Gasteiger partial charge in [0.25, 0.3) is 0 Å². The Kier molecular flexibility index (Phi) is 9.72. The fourth-order valence-electron chi connectivity index (χ4n) is 3.68. The van der Waals surface area contributed by atoms with Gasteiger partial charge in [-0.05, 0) is 35.6 Å². The van der Waals surface area contributed by atoms with Gasteiger partial charge in [0.05, 0.1) is 13.2 Å². The Hall–Kier alpha value is -2.90. The Labute approximate surface area is 196 Å². The van der Waals surface area contributed by atoms with E-state index in [1.165, 1.54) is 5.56 Å². The van der Waals surface area contributed by atoms with Crippen molar-refractivity contribution in [1.29, 1.82) is 0 Å². The van der Waals surface area contributed by atoms with E-state index in [1.54, 1.807) is 0 Å². The highest BCUT2D eigenvalue weighted by Gasteiger charge is 2.26. The molecule has 1 fully saturated rings. The minimum atomic E-state index is -0.681. The second kappa shape index (κ2) is 13.0. The highest BCUT2D eigenvalue weighted by molar-refractivity contribution is 5.96. The third-order valence-corrected chi connectivity index (χ3v) is 6.02. The van der Waals surface area contributed by atoms with Gasteiger partial charge in [-0.25, -0.2) is 4.79 Å². The van der Waals surface area contributed by atoms with Crippen molar-refractivity contribution in [2.75, 3.05) is 38.2 Å². The molecule has 0 bridgehead atoms. The summed E-state index contributed by atoms with van der Waals surface area (Å²) in [5.41, 5.74) is 2.83. The van der Waals surface area contributed by atoms with Gasteiger partial charge in [0.1, 0.15) is 12.6 Å². The number of nitrogens with one attached hydrogen (secondary N) is 2. The summed E-state index contributed by atoms with van der Waals surface area (Å²) >= 11 is 0. The number of hydrogen-bond acceptors (Lipinski definition) is 5. The fourth-order valence-corrected chi connectivity index (χ4v) is 3.68. The lowest BCUT2D eigenvalue weighted by atomic mass is 9.98. The van der Waals surface area contributed by atoms with Gasteiger partial charge < -0.3 is 20.1 Å². The van der Waals surface area contributed by atoms with E-state index in [4.69, 9.17) is 9.47 Å². The second-order valence-corrected chi connectivity index (χ2v) is 8.46. The average Bonchev–Trinajstić information content (AvgIpc) is 2.86. The van der Waals surface area contributed by atoms with E-state index in [2.05, 4.69) is 15.5 Å². The summed E-state index contributed by atoms with van der Waals surface area (Å²) in [5.74, 6) is -0.288. The number of rotatable bonds is 10. The number of anilines is 1. The Morgan fingerprint density at radius 3 is 2.39 bits per heavy atom. The predicted molar refractivity (Wildman–Crippen MR) is 129 cm³/mol. The van der Waals surface area contributed by atoms with Crippen LogP contribution < -0.4 is 10.6 Å². The molecule has 0 spiro atoms. The number of carbonyl (C=O) groups excluding carboxylic acids is 2. The van der Waals surface area contributed by atoms with Gasteiger partial charge in [0, 0.05) is 25.3 Å². The largest absolute Gasteiger partial charge is 0.445 e. The molecule has 0 radical (unpaired) electrons. The molecule has 1 saturated heterocycles. The Bertz CT molecular complexity index is 867. The van der Waals surface area contributed by atoms with Gasteiger partial charge in [0.15, 0.2) is 0 Å². The molecule has 2 aromatic rings. The molecule has 3 rings (SSSR count). The van der Waals surface area contributed by atoms with Crippen molar-refractivity contribution in [3.05, 3.63) is 65.7 Å². The van der Waals surface area contributed by atoms with Crippen LogP contribution in [0.2, 0.25) is 0 Å². The van der Waals surface area contributed by atoms with E-state index in [-0.39, 0.29) is 18.4 Å². The molecule has 0 aliphatic carbocycles. The molecule has 0 unspecified atom stereocenters. The van der Waals surface area contributed by atoms with Crippen molar-refractivity contribution in [2.45, 2.75) is 39.3 Å². The number of carbonyl (C=O) groups is 2. The van der Waals surface area contributed by atoms with Crippen molar-refractivity contribution in [1.82, 2.24) is 10.2 Å². The molecule has 0 saturated carbocycles. The van der Waals surface area contributed by atoms with Crippen LogP contribution in [0.15, 0.2) is 54.6 Å². The molecule has 7 nitrogen and oxygen atoms in total. The minimum Gasteiger partial charge on any atom is -0.445 e. The molecule has 0 aromatic heterocycles. The van der Waals surface area contributed by atoms with Crippen molar-refractivity contribution in [3.63, 3.8) is 0 Å². The molecule has 2 amide bonds. The molecule has 2 N–H and O–H groups in total. The first-order valence-electron chi connectivity index (χ1n) is 11.7. The molecule has 2 atom stereocenters. The van der Waals surface area contributed by atoms with E-state index in [0.717, 1.165) is 51.3 Å². The monoisotopic (exact) mass is 453 g/mol. The van der Waals surface area contributed by atoms with E-state index in [9.17, 15) is 9.59 Å². The maximum atomic E-state index is 12.9. The van der Waals surface area contributed by atoms with Gasteiger partial charge in [-0.3, -0.25) is 9.69 Å². The summed E-state index contributed by atoms with van der Waals surface area (Å²) in [6, 6.07) is 16.7. The predicted octanol–water partition coefficient (Wildman–Crippen LogP) is 3.84. The zero-order valence-electron chi connectivity index (χ0n) is 19.6. The molecular formula is C26H35N3O4. The zero-order chi connectivity index (χ0) is 23.5. The first-order chi connectivity index (χ1) is 16.0. The topological polar surface area (TPSA) is 79.9 Å². The van der Waals surface area contributed by atoms with Crippen molar-refractivity contribution in [3.8, 4) is 0 Å². The van der Waals surface area contributed by atoms with Gasteiger partial charge in [-0.15, -0.1) is 0 Å². The second-order valence-electron chi connectivity index (χ2n) is 8.46. The van der Waals surface area contributed by atoms with E-state index < -0.39 is 12.1 Å². The normalized spacial score (nSPS) is 15.9. The number of alkyl carbamates (subject to hydrolysis) is 1. The first kappa shape index (κ1) is 24.7. The van der Waals surface area contributed by atoms with Crippen molar-refractivity contribution < 1.29 is 19.1 Å². The quantitative estimate of drug-likeness (QED) is 0.571. The van der Waals surface area contributed by atoms with Crippen LogP contribution in [0, 0.1) is 5.92 Å². The molecule has 1 aliphatic heterocycles. The lowest BCUT2D eigenvalue weighted by Crippen LogP contribution is -2.47. The smallest absolute Gasteiger partial charge is 0.408 e. The number of amides is 2. The molecule has 178 valence electrons. The van der Waals surface area contributed by atoms with Crippen LogP contribution in [-0.4, -0.2) is 55.8 Å². The van der Waals surface area contributed by atoms with E-state index in [1.807, 2.05) is 68.4 Å². The summed E-state index contributed by atoms with van der Waals surface area (Å²) in [7, 11) is 0. The molecule has 7 heteroatoms. The number of nitrogens with zero attached hydrogens (tertiary/aromatic N) is 1. The van der Waals surface area contributed by atoms with E-state index >= 15 is 0 Å². The highest BCUT2D eigenvalue weighted by atomic mass is 16.5. The third-order valence-electron chi connectivity index (χ3n) is 6.02. The Balaban J connectivity index is 1.50. The summed E-state index contributed by atoms with van der Waals surface area (Å²) in [4.78, 5) is 27.7. The maximum Gasteiger partial charge on any atom is 0.408 e. The van der Waals surface area contributed by atoms with Crippen LogP contribution in [0.4, 0.5) is 10.5 Å². The first-order valence-corrected chi connectivity index (χ1v) is 11.7. The van der Waals surface area contributed by atoms with Crippen LogP contribution in [0.5, 0.6) is 0 Å². The van der Waals surface area contributed by atoms with Crippen LogP contribution in [-0.2, 0) is 27.3 Å². The molecular weight excluding hydrogens is 418 g/mol. The maximum absolute atomic E-state index is 12.9. The standard InChI is InChI=1S/C26H35N3O4/c1-3-20(2)24(28-26(31)33-19-22-7-5-4-6-8-22)25(30)27-23-11-9-21(10-12-23)13-14-29-15-17-32-18-16-29/h4-12,20,24H,3,13-19H2,1-2H3,(H,27,30)(H,28,31)/t20-,24-/m0/s1.